The summed E-state index contributed by atoms with van der Waals surface area (Å²) >= 11 is 0. The lowest BCUT2D eigenvalue weighted by atomic mass is 10.2. The predicted octanol–water partition coefficient (Wildman–Crippen LogP) is 0.501. The second kappa shape index (κ2) is 5.53. The van der Waals surface area contributed by atoms with Crippen LogP contribution in [0.3, 0.4) is 0 Å². The van der Waals surface area contributed by atoms with Gasteiger partial charge in [-0.2, -0.15) is 0 Å². The van der Waals surface area contributed by atoms with Crippen molar-refractivity contribution in [2.24, 2.45) is 0 Å². The van der Waals surface area contributed by atoms with Crippen LogP contribution in [0.5, 0.6) is 5.88 Å². The Morgan fingerprint density at radius 2 is 2.10 bits per heavy atom. The second-order valence-corrected chi connectivity index (χ2v) is 4.80. The maximum absolute atomic E-state index is 11.4. The van der Waals surface area contributed by atoms with Crippen molar-refractivity contribution in [1.82, 2.24) is 15.3 Å². The molecule has 3 rings (SSSR count). The first-order valence-corrected chi connectivity index (χ1v) is 6.71. The van der Waals surface area contributed by atoms with Gasteiger partial charge in [-0.1, -0.05) is 12.1 Å². The number of hydrogen-bond acceptors (Lipinski definition) is 6. The number of carbonyl (C=O) groups is 1. The second-order valence-electron chi connectivity index (χ2n) is 4.80. The molecule has 1 unspecified atom stereocenters. The molecule has 1 aliphatic rings. The Labute approximate surface area is 121 Å². The highest BCUT2D eigenvalue weighted by molar-refractivity contribution is 5.82. The molecule has 7 heteroatoms. The van der Waals surface area contributed by atoms with E-state index in [0.717, 1.165) is 11.0 Å². The molecule has 0 aliphatic carbocycles. The molecule has 0 spiro atoms. The molecule has 2 aromatic rings. The van der Waals surface area contributed by atoms with Crippen LogP contribution in [0.4, 0.5) is 5.82 Å². The van der Waals surface area contributed by atoms with E-state index < -0.39 is 12.0 Å². The Balaban J connectivity index is 2.10. The van der Waals surface area contributed by atoms with Gasteiger partial charge in [0.25, 0.3) is 5.88 Å². The van der Waals surface area contributed by atoms with E-state index in [2.05, 4.69) is 15.3 Å². The Kier molecular flexibility index (Phi) is 3.57. The van der Waals surface area contributed by atoms with Crippen LogP contribution in [0.25, 0.3) is 11.0 Å². The number of methoxy groups -OCH3 is 1. The number of anilines is 1. The lowest BCUT2D eigenvalue weighted by Crippen LogP contribution is -2.55. The normalized spacial score (nSPS) is 18.7. The van der Waals surface area contributed by atoms with Gasteiger partial charge in [0, 0.05) is 19.6 Å². The number of piperazine rings is 1. The average molecular weight is 288 g/mol. The molecule has 7 nitrogen and oxygen atoms in total. The van der Waals surface area contributed by atoms with Crippen molar-refractivity contribution in [2.45, 2.75) is 6.04 Å². The van der Waals surface area contributed by atoms with Gasteiger partial charge in [0.1, 0.15) is 6.04 Å². The average Bonchev–Trinajstić information content (AvgIpc) is 2.53. The minimum atomic E-state index is -0.890. The number of ether oxygens (including phenoxy) is 1. The number of para-hydroxylation sites is 2. The molecule has 2 N–H and O–H groups in total. The molecule has 0 saturated carbocycles. The van der Waals surface area contributed by atoms with Gasteiger partial charge in [-0.3, -0.25) is 0 Å². The maximum atomic E-state index is 11.4. The third-order valence-electron chi connectivity index (χ3n) is 3.52. The van der Waals surface area contributed by atoms with E-state index in [0.29, 0.717) is 31.3 Å². The summed E-state index contributed by atoms with van der Waals surface area (Å²) in [7, 11) is 1.51. The fourth-order valence-corrected chi connectivity index (χ4v) is 2.48. The molecule has 1 aromatic heterocycles. The molecule has 1 saturated heterocycles. The summed E-state index contributed by atoms with van der Waals surface area (Å²) in [5.74, 6) is -0.0637. The van der Waals surface area contributed by atoms with Gasteiger partial charge in [0.15, 0.2) is 5.82 Å². The fraction of sp³-hybridized carbons (Fsp3) is 0.357. The van der Waals surface area contributed by atoms with Gasteiger partial charge in [-0.15, -0.1) is 0 Å². The van der Waals surface area contributed by atoms with Crippen molar-refractivity contribution in [3.63, 3.8) is 0 Å². The number of nitrogens with zero attached hydrogens (tertiary/aromatic N) is 3. The third kappa shape index (κ3) is 2.47. The summed E-state index contributed by atoms with van der Waals surface area (Å²) in [6, 6.07) is 6.77. The smallest absolute Gasteiger partial charge is 0.327 e. The summed E-state index contributed by atoms with van der Waals surface area (Å²) in [5.41, 5.74) is 1.44. The summed E-state index contributed by atoms with van der Waals surface area (Å²) in [6.07, 6.45) is 0. The van der Waals surface area contributed by atoms with Gasteiger partial charge in [-0.25, -0.2) is 14.8 Å². The van der Waals surface area contributed by atoms with Gasteiger partial charge < -0.3 is 20.1 Å². The van der Waals surface area contributed by atoms with Crippen LogP contribution in [0.15, 0.2) is 24.3 Å². The lowest BCUT2D eigenvalue weighted by Gasteiger charge is -2.34. The van der Waals surface area contributed by atoms with Crippen molar-refractivity contribution >= 4 is 22.8 Å². The fourth-order valence-electron chi connectivity index (χ4n) is 2.48. The molecule has 2 heterocycles. The molecule has 0 radical (unpaired) electrons. The number of nitrogens with one attached hydrogen (secondary N) is 1. The molecule has 1 aromatic carbocycles. The molecule has 110 valence electrons. The highest BCUT2D eigenvalue weighted by Crippen LogP contribution is 2.28. The van der Waals surface area contributed by atoms with Crippen molar-refractivity contribution in [3.05, 3.63) is 24.3 Å². The van der Waals surface area contributed by atoms with Crippen LogP contribution < -0.4 is 15.0 Å². The van der Waals surface area contributed by atoms with Gasteiger partial charge in [0.05, 0.1) is 18.1 Å². The van der Waals surface area contributed by atoms with Crippen LogP contribution >= 0.6 is 0 Å². The van der Waals surface area contributed by atoms with E-state index in [-0.39, 0.29) is 0 Å². The summed E-state index contributed by atoms with van der Waals surface area (Å²) < 4.78 is 5.31. The minimum absolute atomic E-state index is 0.349. The first-order valence-electron chi connectivity index (χ1n) is 6.71. The van der Waals surface area contributed by atoms with Crippen molar-refractivity contribution in [1.29, 1.82) is 0 Å². The molecule has 1 fully saturated rings. The van der Waals surface area contributed by atoms with Crippen molar-refractivity contribution in [2.75, 3.05) is 31.6 Å². The summed E-state index contributed by atoms with van der Waals surface area (Å²) in [4.78, 5) is 22.1. The Bertz CT molecular complexity index is 676. The Hall–Kier alpha value is -2.41. The Morgan fingerprint density at radius 3 is 2.76 bits per heavy atom. The summed E-state index contributed by atoms with van der Waals surface area (Å²) in [5, 5.41) is 12.5. The number of carboxylic acids is 1. The molecule has 1 atom stereocenters. The first-order chi connectivity index (χ1) is 10.2. The lowest BCUT2D eigenvalue weighted by molar-refractivity contribution is -0.138. The van der Waals surface area contributed by atoms with E-state index in [9.17, 15) is 9.90 Å². The highest BCUT2D eigenvalue weighted by atomic mass is 16.5. The quantitative estimate of drug-likeness (QED) is 0.850. The zero-order chi connectivity index (χ0) is 14.8. The van der Waals surface area contributed by atoms with E-state index >= 15 is 0 Å². The van der Waals surface area contributed by atoms with Crippen LogP contribution in [0, 0.1) is 0 Å². The van der Waals surface area contributed by atoms with Crippen LogP contribution in [0.1, 0.15) is 0 Å². The Morgan fingerprint density at radius 1 is 1.38 bits per heavy atom. The number of aliphatic carboxylic acids is 1. The predicted molar refractivity (Wildman–Crippen MR) is 77.7 cm³/mol. The first kappa shape index (κ1) is 13.6. The number of hydrogen-bond donors (Lipinski definition) is 2. The highest BCUT2D eigenvalue weighted by Gasteiger charge is 2.31. The minimum Gasteiger partial charge on any atom is -0.480 e. The standard InChI is InChI=1S/C14H16N4O3/c1-21-13-12(16-9-4-2-3-5-10(9)17-13)18-7-6-15-8-11(18)14(19)20/h2-5,11,15H,6-8H2,1H3,(H,19,20). The number of benzene rings is 1. The SMILES string of the molecule is COc1nc2ccccc2nc1N1CCNCC1C(=O)O. The molecular weight excluding hydrogens is 272 g/mol. The van der Waals surface area contributed by atoms with Gasteiger partial charge >= 0.3 is 5.97 Å². The third-order valence-corrected chi connectivity index (χ3v) is 3.52. The van der Waals surface area contributed by atoms with Gasteiger partial charge in [0.2, 0.25) is 0 Å². The molecule has 0 bridgehead atoms. The number of aromatic nitrogens is 2. The molecular formula is C14H16N4O3. The maximum Gasteiger partial charge on any atom is 0.327 e. The number of rotatable bonds is 3. The van der Waals surface area contributed by atoms with Crippen LogP contribution in [-0.4, -0.2) is 53.8 Å². The van der Waals surface area contributed by atoms with Crippen molar-refractivity contribution in [3.8, 4) is 5.88 Å². The van der Waals surface area contributed by atoms with Crippen LogP contribution in [0.2, 0.25) is 0 Å². The zero-order valence-corrected chi connectivity index (χ0v) is 11.6. The summed E-state index contributed by atoms with van der Waals surface area (Å²) in [6.45, 7) is 1.61. The molecule has 1 aliphatic heterocycles. The zero-order valence-electron chi connectivity index (χ0n) is 11.6. The number of fused-ring (bicyclic) bond motifs is 1. The van der Waals surface area contributed by atoms with Crippen molar-refractivity contribution < 1.29 is 14.6 Å². The van der Waals surface area contributed by atoms with Gasteiger partial charge in [-0.05, 0) is 12.1 Å². The van der Waals surface area contributed by atoms with E-state index in [1.165, 1.54) is 7.11 Å². The monoisotopic (exact) mass is 288 g/mol. The largest absolute Gasteiger partial charge is 0.480 e. The van der Waals surface area contributed by atoms with E-state index in [1.54, 1.807) is 4.90 Å². The van der Waals surface area contributed by atoms with E-state index in [4.69, 9.17) is 4.74 Å². The molecule has 21 heavy (non-hydrogen) atoms. The topological polar surface area (TPSA) is 87.6 Å². The van der Waals surface area contributed by atoms with E-state index in [1.807, 2.05) is 24.3 Å². The molecule has 0 amide bonds. The number of carboxylic acid groups (broad SMARTS) is 1. The van der Waals surface area contributed by atoms with Crippen LogP contribution in [-0.2, 0) is 4.79 Å².